The van der Waals surface area contributed by atoms with Crippen LogP contribution in [-0.2, 0) is 4.79 Å². The van der Waals surface area contributed by atoms with Crippen LogP contribution >= 0.6 is 0 Å². The lowest BCUT2D eigenvalue weighted by atomic mass is 9.92. The van der Waals surface area contributed by atoms with Crippen molar-refractivity contribution >= 4 is 5.97 Å². The number of carbonyl (C=O) groups excluding carboxylic acids is 1. The molecule has 21 heavy (non-hydrogen) atoms. The molecule has 3 nitrogen and oxygen atoms in total. The molecule has 0 aliphatic carbocycles. The molecule has 0 bridgehead atoms. The van der Waals surface area contributed by atoms with Crippen molar-refractivity contribution < 1.29 is 9.90 Å². The maximum absolute atomic E-state index is 11.0. The molecule has 128 valence electrons. The summed E-state index contributed by atoms with van der Waals surface area (Å²) in [6, 6.07) is 0. The number of unbranched alkanes of at least 4 members (excludes halogenated alkanes) is 9. The van der Waals surface area contributed by atoms with Gasteiger partial charge in [-0.15, -0.1) is 0 Å². The minimum Gasteiger partial charge on any atom is -0.550 e. The van der Waals surface area contributed by atoms with E-state index in [1.807, 2.05) is 0 Å². The van der Waals surface area contributed by atoms with Crippen LogP contribution in [0.25, 0.3) is 0 Å². The standard InChI is InChI=1S/C18H36O2.H3N/c1-4-5-6-7-8-9-10-11-12-13-14-17(18(19)20)15-16(2)3;/h16-17H,4-15H2,1-3H3,(H,19,20);1H3/t17-;/m1./s1. The van der Waals surface area contributed by atoms with Crippen molar-refractivity contribution in [3.63, 3.8) is 0 Å². The van der Waals surface area contributed by atoms with Gasteiger partial charge in [-0.1, -0.05) is 85.0 Å². The smallest absolute Gasteiger partial charge is 0.0445 e. The minimum absolute atomic E-state index is 0. The summed E-state index contributed by atoms with van der Waals surface area (Å²) in [4.78, 5) is 11.0. The third-order valence-corrected chi connectivity index (χ3v) is 4.00. The van der Waals surface area contributed by atoms with Crippen LogP contribution in [-0.4, -0.2) is 5.97 Å². The number of hydrogen-bond donors (Lipinski definition) is 1. The number of carbonyl (C=O) groups is 1. The van der Waals surface area contributed by atoms with Gasteiger partial charge in [0.25, 0.3) is 0 Å². The van der Waals surface area contributed by atoms with Crippen LogP contribution in [0.2, 0.25) is 0 Å². The molecule has 0 amide bonds. The zero-order valence-electron chi connectivity index (χ0n) is 15.0. The summed E-state index contributed by atoms with van der Waals surface area (Å²) in [7, 11) is 0. The topological polar surface area (TPSA) is 76.6 Å². The van der Waals surface area contributed by atoms with Gasteiger partial charge in [0, 0.05) is 5.97 Å². The average molecular weight is 302 g/mol. The fraction of sp³-hybridized carbons (Fsp3) is 0.944. The highest BCUT2D eigenvalue weighted by molar-refractivity contribution is 5.67. The lowest BCUT2D eigenvalue weighted by molar-refractivity contribution is -0.312. The van der Waals surface area contributed by atoms with Crippen LogP contribution in [0.1, 0.15) is 97.8 Å². The van der Waals surface area contributed by atoms with Crippen LogP contribution in [0.3, 0.4) is 0 Å². The third kappa shape index (κ3) is 15.6. The molecule has 0 aromatic carbocycles. The van der Waals surface area contributed by atoms with Crippen molar-refractivity contribution in [3.05, 3.63) is 0 Å². The normalized spacial score (nSPS) is 12.2. The van der Waals surface area contributed by atoms with Crippen LogP contribution in [0.5, 0.6) is 0 Å². The molecule has 0 saturated carbocycles. The summed E-state index contributed by atoms with van der Waals surface area (Å²) in [5.41, 5.74) is 0. The number of aliphatic carboxylic acids is 1. The number of carboxylic acids is 1. The SMILES string of the molecule is CCCCCCCCCCCC[C@H](CC(C)C)C(=O)[O-].[NH4+]. The van der Waals surface area contributed by atoms with Crippen molar-refractivity contribution in [2.24, 2.45) is 11.8 Å². The summed E-state index contributed by atoms with van der Waals surface area (Å²) in [6.45, 7) is 6.40. The first-order valence-corrected chi connectivity index (χ1v) is 8.78. The van der Waals surface area contributed by atoms with E-state index in [4.69, 9.17) is 0 Å². The van der Waals surface area contributed by atoms with E-state index in [2.05, 4.69) is 20.8 Å². The summed E-state index contributed by atoms with van der Waals surface area (Å²) in [6.07, 6.45) is 14.5. The van der Waals surface area contributed by atoms with Gasteiger partial charge in [0.05, 0.1) is 0 Å². The molecule has 0 aliphatic heterocycles. The first-order chi connectivity index (χ1) is 9.57. The molecule has 0 saturated heterocycles. The zero-order valence-corrected chi connectivity index (χ0v) is 15.0. The first-order valence-electron chi connectivity index (χ1n) is 8.78. The predicted molar refractivity (Wildman–Crippen MR) is 90.4 cm³/mol. The summed E-state index contributed by atoms with van der Waals surface area (Å²) in [5.74, 6) is -0.639. The number of rotatable bonds is 14. The summed E-state index contributed by atoms with van der Waals surface area (Å²) < 4.78 is 0. The van der Waals surface area contributed by atoms with E-state index in [0.29, 0.717) is 5.92 Å². The molecule has 0 aliphatic rings. The molecule has 4 N–H and O–H groups in total. The Kier molecular flexibility index (Phi) is 17.1. The van der Waals surface area contributed by atoms with Gasteiger partial charge >= 0.3 is 0 Å². The molecule has 0 fully saturated rings. The molecule has 0 spiro atoms. The number of carboxylic acid groups (broad SMARTS) is 1. The summed E-state index contributed by atoms with van der Waals surface area (Å²) in [5, 5.41) is 11.0. The van der Waals surface area contributed by atoms with Crippen molar-refractivity contribution in [1.82, 2.24) is 6.15 Å². The molecule has 0 unspecified atom stereocenters. The highest BCUT2D eigenvalue weighted by atomic mass is 16.4. The fourth-order valence-electron chi connectivity index (χ4n) is 2.78. The largest absolute Gasteiger partial charge is 0.550 e. The monoisotopic (exact) mass is 301 g/mol. The Labute approximate surface area is 132 Å². The average Bonchev–Trinajstić information content (AvgIpc) is 2.39. The Balaban J connectivity index is 0. The number of quaternary nitrogens is 1. The number of hydrogen-bond acceptors (Lipinski definition) is 2. The quantitative estimate of drug-likeness (QED) is 0.454. The molecule has 0 rings (SSSR count). The van der Waals surface area contributed by atoms with E-state index in [1.165, 1.54) is 57.8 Å². The maximum atomic E-state index is 11.0. The van der Waals surface area contributed by atoms with Gasteiger partial charge in [-0.25, -0.2) is 0 Å². The zero-order chi connectivity index (χ0) is 15.2. The van der Waals surface area contributed by atoms with E-state index in [1.54, 1.807) is 0 Å². The van der Waals surface area contributed by atoms with Crippen LogP contribution in [0, 0.1) is 11.8 Å². The van der Waals surface area contributed by atoms with E-state index >= 15 is 0 Å². The third-order valence-electron chi connectivity index (χ3n) is 4.00. The minimum atomic E-state index is -0.852. The Morgan fingerprint density at radius 1 is 0.857 bits per heavy atom. The summed E-state index contributed by atoms with van der Waals surface area (Å²) >= 11 is 0. The molecule has 0 aromatic heterocycles. The van der Waals surface area contributed by atoms with Gasteiger partial charge in [-0.2, -0.15) is 0 Å². The lowest BCUT2D eigenvalue weighted by Crippen LogP contribution is -2.32. The highest BCUT2D eigenvalue weighted by Gasteiger charge is 2.11. The van der Waals surface area contributed by atoms with E-state index in [0.717, 1.165) is 19.3 Å². The van der Waals surface area contributed by atoms with Crippen molar-refractivity contribution in [3.8, 4) is 0 Å². The van der Waals surface area contributed by atoms with Gasteiger partial charge in [-0.3, -0.25) is 0 Å². The predicted octanol–water partition coefficient (Wildman–Crippen LogP) is 5.09. The molecule has 0 heterocycles. The Bertz CT molecular complexity index is 229. The molecule has 3 heteroatoms. The Morgan fingerprint density at radius 2 is 1.29 bits per heavy atom. The molecule has 1 atom stereocenters. The Morgan fingerprint density at radius 3 is 1.67 bits per heavy atom. The van der Waals surface area contributed by atoms with E-state index < -0.39 is 5.97 Å². The highest BCUT2D eigenvalue weighted by Crippen LogP contribution is 2.19. The van der Waals surface area contributed by atoms with Crippen LogP contribution in [0.4, 0.5) is 0 Å². The van der Waals surface area contributed by atoms with Crippen molar-refractivity contribution in [1.29, 1.82) is 0 Å². The molecular weight excluding hydrogens is 262 g/mol. The molecular formula is C18H39NO2. The first kappa shape index (κ1) is 22.7. The second kappa shape index (κ2) is 15.8. The fourth-order valence-corrected chi connectivity index (χ4v) is 2.78. The molecule has 0 aromatic rings. The Hall–Kier alpha value is -0.570. The van der Waals surface area contributed by atoms with E-state index in [-0.39, 0.29) is 12.1 Å². The van der Waals surface area contributed by atoms with Crippen molar-refractivity contribution in [2.45, 2.75) is 97.8 Å². The second-order valence-corrected chi connectivity index (χ2v) is 6.62. The van der Waals surface area contributed by atoms with Gasteiger partial charge in [0.1, 0.15) is 0 Å². The van der Waals surface area contributed by atoms with Crippen LogP contribution in [0.15, 0.2) is 0 Å². The second-order valence-electron chi connectivity index (χ2n) is 6.62. The van der Waals surface area contributed by atoms with Gasteiger partial charge in [-0.05, 0) is 24.7 Å². The molecule has 0 radical (unpaired) electrons. The van der Waals surface area contributed by atoms with Gasteiger partial charge in [0.2, 0.25) is 0 Å². The lowest BCUT2D eigenvalue weighted by Gasteiger charge is -2.19. The van der Waals surface area contributed by atoms with Crippen LogP contribution < -0.4 is 11.3 Å². The van der Waals surface area contributed by atoms with Gasteiger partial charge in [0.15, 0.2) is 0 Å². The van der Waals surface area contributed by atoms with Crippen molar-refractivity contribution in [2.75, 3.05) is 0 Å². The van der Waals surface area contributed by atoms with E-state index in [9.17, 15) is 9.90 Å². The van der Waals surface area contributed by atoms with Gasteiger partial charge < -0.3 is 16.1 Å². The maximum Gasteiger partial charge on any atom is 0.0445 e.